The second-order valence-corrected chi connectivity index (χ2v) is 5.17. The van der Waals surface area contributed by atoms with E-state index in [-0.39, 0.29) is 0 Å². The number of hydrogen-bond acceptors (Lipinski definition) is 7. The molecule has 0 aromatic carbocycles. The van der Waals surface area contributed by atoms with Crippen molar-refractivity contribution in [3.8, 4) is 6.01 Å². The Labute approximate surface area is 120 Å². The molecule has 0 saturated heterocycles. The third kappa shape index (κ3) is 5.16. The standard InChI is InChI=1S/C13H25N5O2/c1-6-8-20-12-16-10(14-5)15-11(17-12)18(7-2)9-13(3,4)19/h19H,6-9H2,1-5H3,(H,14,15,16,17). The molecule has 0 amide bonds. The zero-order valence-corrected chi connectivity index (χ0v) is 13.0. The van der Waals surface area contributed by atoms with Crippen molar-refractivity contribution in [2.24, 2.45) is 0 Å². The normalized spacial score (nSPS) is 11.3. The third-order valence-corrected chi connectivity index (χ3v) is 2.50. The molecular weight excluding hydrogens is 258 g/mol. The quantitative estimate of drug-likeness (QED) is 0.744. The highest BCUT2D eigenvalue weighted by molar-refractivity contribution is 5.38. The van der Waals surface area contributed by atoms with Crippen molar-refractivity contribution >= 4 is 11.9 Å². The van der Waals surface area contributed by atoms with Gasteiger partial charge in [-0.2, -0.15) is 15.0 Å². The van der Waals surface area contributed by atoms with E-state index >= 15 is 0 Å². The van der Waals surface area contributed by atoms with Gasteiger partial charge in [-0.25, -0.2) is 0 Å². The summed E-state index contributed by atoms with van der Waals surface area (Å²) in [7, 11) is 1.75. The summed E-state index contributed by atoms with van der Waals surface area (Å²) in [5.74, 6) is 0.954. The summed E-state index contributed by atoms with van der Waals surface area (Å²) in [5, 5.41) is 12.9. The van der Waals surface area contributed by atoms with Gasteiger partial charge in [0.05, 0.1) is 12.2 Å². The van der Waals surface area contributed by atoms with Crippen LogP contribution in [0.25, 0.3) is 0 Å². The molecule has 114 valence electrons. The Balaban J connectivity index is 3.01. The molecular formula is C13H25N5O2. The average molecular weight is 283 g/mol. The number of anilines is 2. The summed E-state index contributed by atoms with van der Waals surface area (Å²) in [4.78, 5) is 14.7. The molecule has 7 nitrogen and oxygen atoms in total. The van der Waals surface area contributed by atoms with Gasteiger partial charge in [-0.1, -0.05) is 6.92 Å². The minimum atomic E-state index is -0.827. The van der Waals surface area contributed by atoms with E-state index in [1.807, 2.05) is 18.7 Å². The van der Waals surface area contributed by atoms with Crippen LogP contribution in [0.5, 0.6) is 6.01 Å². The van der Waals surface area contributed by atoms with Crippen LogP contribution in [0, 0.1) is 0 Å². The van der Waals surface area contributed by atoms with Crippen LogP contribution in [0.2, 0.25) is 0 Å². The van der Waals surface area contributed by atoms with E-state index in [1.54, 1.807) is 20.9 Å². The first-order valence-corrected chi connectivity index (χ1v) is 6.93. The van der Waals surface area contributed by atoms with Crippen LogP contribution >= 0.6 is 0 Å². The molecule has 0 saturated carbocycles. The molecule has 1 aromatic rings. The number of hydrogen-bond donors (Lipinski definition) is 2. The highest BCUT2D eigenvalue weighted by Crippen LogP contribution is 2.17. The second-order valence-electron chi connectivity index (χ2n) is 5.17. The molecule has 1 heterocycles. The SMILES string of the molecule is CCCOc1nc(NC)nc(N(CC)CC(C)(C)O)n1. The molecule has 7 heteroatoms. The lowest BCUT2D eigenvalue weighted by molar-refractivity contribution is 0.0871. The fraction of sp³-hybridized carbons (Fsp3) is 0.769. The van der Waals surface area contributed by atoms with Gasteiger partial charge in [0, 0.05) is 20.1 Å². The van der Waals surface area contributed by atoms with Gasteiger partial charge in [0.1, 0.15) is 0 Å². The first-order valence-electron chi connectivity index (χ1n) is 6.93. The van der Waals surface area contributed by atoms with E-state index in [0.717, 1.165) is 6.42 Å². The largest absolute Gasteiger partial charge is 0.463 e. The van der Waals surface area contributed by atoms with Crippen LogP contribution in [0.3, 0.4) is 0 Å². The van der Waals surface area contributed by atoms with Crippen molar-refractivity contribution in [3.05, 3.63) is 0 Å². The maximum Gasteiger partial charge on any atom is 0.323 e. The Morgan fingerprint density at radius 1 is 1.25 bits per heavy atom. The topological polar surface area (TPSA) is 83.4 Å². The molecule has 0 aliphatic carbocycles. The number of likely N-dealkylation sites (N-methyl/N-ethyl adjacent to an activating group) is 1. The number of nitrogens with zero attached hydrogens (tertiary/aromatic N) is 4. The molecule has 0 bridgehead atoms. The molecule has 0 radical (unpaired) electrons. The minimum absolute atomic E-state index is 0.301. The zero-order valence-electron chi connectivity index (χ0n) is 13.0. The van der Waals surface area contributed by atoms with E-state index in [2.05, 4.69) is 20.3 Å². The van der Waals surface area contributed by atoms with Gasteiger partial charge in [0.25, 0.3) is 0 Å². The molecule has 1 aromatic heterocycles. The van der Waals surface area contributed by atoms with Crippen molar-refractivity contribution in [1.29, 1.82) is 0 Å². The van der Waals surface area contributed by atoms with E-state index in [9.17, 15) is 5.11 Å². The van der Waals surface area contributed by atoms with Crippen LogP contribution in [0.1, 0.15) is 34.1 Å². The Morgan fingerprint density at radius 2 is 1.95 bits per heavy atom. The van der Waals surface area contributed by atoms with Gasteiger partial charge < -0.3 is 20.1 Å². The van der Waals surface area contributed by atoms with E-state index < -0.39 is 5.60 Å². The van der Waals surface area contributed by atoms with Gasteiger partial charge in [-0.3, -0.25) is 0 Å². The Kier molecular flexibility index (Phi) is 5.94. The zero-order chi connectivity index (χ0) is 15.2. The van der Waals surface area contributed by atoms with Gasteiger partial charge in [-0.05, 0) is 27.2 Å². The smallest absolute Gasteiger partial charge is 0.323 e. The predicted molar refractivity (Wildman–Crippen MR) is 79.3 cm³/mol. The second kappa shape index (κ2) is 7.23. The fourth-order valence-corrected chi connectivity index (χ4v) is 1.65. The maximum atomic E-state index is 9.96. The van der Waals surface area contributed by atoms with E-state index in [4.69, 9.17) is 4.74 Å². The minimum Gasteiger partial charge on any atom is -0.463 e. The lowest BCUT2D eigenvalue weighted by Crippen LogP contribution is -2.39. The summed E-state index contributed by atoms with van der Waals surface area (Å²) in [6, 6.07) is 0.301. The number of aromatic nitrogens is 3. The summed E-state index contributed by atoms with van der Waals surface area (Å²) in [6.07, 6.45) is 0.886. The summed E-state index contributed by atoms with van der Waals surface area (Å²) in [6.45, 7) is 9.20. The number of ether oxygens (including phenoxy) is 1. The van der Waals surface area contributed by atoms with Crippen LogP contribution in [0.15, 0.2) is 0 Å². The average Bonchev–Trinajstić information content (AvgIpc) is 2.41. The number of aliphatic hydroxyl groups is 1. The van der Waals surface area contributed by atoms with Crippen LogP contribution in [0.4, 0.5) is 11.9 Å². The van der Waals surface area contributed by atoms with Gasteiger partial charge in [0.2, 0.25) is 11.9 Å². The molecule has 0 aliphatic rings. The van der Waals surface area contributed by atoms with Crippen LogP contribution in [-0.2, 0) is 0 Å². The van der Waals surface area contributed by atoms with Crippen molar-refractivity contribution in [1.82, 2.24) is 15.0 Å². The van der Waals surface area contributed by atoms with Gasteiger partial charge in [0.15, 0.2) is 0 Å². The summed E-state index contributed by atoms with van der Waals surface area (Å²) >= 11 is 0. The first kappa shape index (κ1) is 16.4. The fourth-order valence-electron chi connectivity index (χ4n) is 1.65. The lowest BCUT2D eigenvalue weighted by Gasteiger charge is -2.28. The van der Waals surface area contributed by atoms with E-state index in [1.165, 1.54) is 0 Å². The van der Waals surface area contributed by atoms with Gasteiger partial charge in [-0.15, -0.1) is 0 Å². The first-order chi connectivity index (χ1) is 9.39. The Bertz CT molecular complexity index is 420. The predicted octanol–water partition coefficient (Wildman–Crippen LogP) is 1.30. The van der Waals surface area contributed by atoms with Crippen LogP contribution in [-0.4, -0.2) is 52.4 Å². The number of rotatable bonds is 8. The van der Waals surface area contributed by atoms with Crippen molar-refractivity contribution < 1.29 is 9.84 Å². The lowest BCUT2D eigenvalue weighted by atomic mass is 10.1. The molecule has 2 N–H and O–H groups in total. The molecule has 1 rings (SSSR count). The number of nitrogens with one attached hydrogen (secondary N) is 1. The summed E-state index contributed by atoms with van der Waals surface area (Å²) < 4.78 is 5.47. The molecule has 0 aliphatic heterocycles. The van der Waals surface area contributed by atoms with E-state index in [0.29, 0.717) is 37.6 Å². The Hall–Kier alpha value is -1.63. The Morgan fingerprint density at radius 3 is 2.45 bits per heavy atom. The van der Waals surface area contributed by atoms with Crippen molar-refractivity contribution in [2.45, 2.75) is 39.7 Å². The van der Waals surface area contributed by atoms with Gasteiger partial charge >= 0.3 is 6.01 Å². The maximum absolute atomic E-state index is 9.96. The molecule has 0 spiro atoms. The molecule has 20 heavy (non-hydrogen) atoms. The molecule has 0 unspecified atom stereocenters. The van der Waals surface area contributed by atoms with Crippen molar-refractivity contribution in [2.75, 3.05) is 37.0 Å². The monoisotopic (exact) mass is 283 g/mol. The molecule has 0 atom stereocenters. The van der Waals surface area contributed by atoms with Crippen LogP contribution < -0.4 is 15.0 Å². The third-order valence-electron chi connectivity index (χ3n) is 2.50. The highest BCUT2D eigenvalue weighted by atomic mass is 16.5. The highest BCUT2D eigenvalue weighted by Gasteiger charge is 2.20. The summed E-state index contributed by atoms with van der Waals surface area (Å²) in [5.41, 5.74) is -0.827. The molecule has 0 fully saturated rings. The van der Waals surface area contributed by atoms with Crippen molar-refractivity contribution in [3.63, 3.8) is 0 Å².